The second-order valence-electron chi connectivity index (χ2n) is 5.02. The van der Waals surface area contributed by atoms with Gasteiger partial charge in [-0.05, 0) is 44.2 Å². The lowest BCUT2D eigenvalue weighted by Gasteiger charge is -2.23. The maximum absolute atomic E-state index is 11.9. The van der Waals surface area contributed by atoms with Gasteiger partial charge in [0, 0.05) is 17.4 Å². The fourth-order valence-electron chi connectivity index (χ4n) is 2.47. The standard InChI is InChI=1S/C14H21N3O/c1-17(13-4-2-3-5-13)10-14(18)16-12-8-6-11(15)7-9-12/h6-9,13H,2-5,10,15H2,1H3,(H,16,18). The van der Waals surface area contributed by atoms with E-state index in [4.69, 9.17) is 5.73 Å². The SMILES string of the molecule is CN(CC(=O)Nc1ccc(N)cc1)C1CCCC1. The number of hydrogen-bond donors (Lipinski definition) is 2. The molecular formula is C14H21N3O. The van der Waals surface area contributed by atoms with Crippen molar-refractivity contribution in [3.8, 4) is 0 Å². The average Bonchev–Trinajstić information content (AvgIpc) is 2.85. The highest BCUT2D eigenvalue weighted by atomic mass is 16.2. The van der Waals surface area contributed by atoms with E-state index in [2.05, 4.69) is 10.2 Å². The molecule has 1 aromatic carbocycles. The topological polar surface area (TPSA) is 58.4 Å². The molecule has 0 bridgehead atoms. The molecule has 1 amide bonds. The van der Waals surface area contributed by atoms with Crippen molar-refractivity contribution >= 4 is 17.3 Å². The molecule has 18 heavy (non-hydrogen) atoms. The number of nitrogens with zero attached hydrogens (tertiary/aromatic N) is 1. The van der Waals surface area contributed by atoms with Crippen molar-refractivity contribution in [2.45, 2.75) is 31.7 Å². The number of carbonyl (C=O) groups is 1. The van der Waals surface area contributed by atoms with E-state index >= 15 is 0 Å². The summed E-state index contributed by atoms with van der Waals surface area (Å²) in [4.78, 5) is 14.0. The Kier molecular flexibility index (Phi) is 4.20. The van der Waals surface area contributed by atoms with Crippen LogP contribution in [0.2, 0.25) is 0 Å². The molecule has 1 aliphatic rings. The molecule has 0 spiro atoms. The summed E-state index contributed by atoms with van der Waals surface area (Å²) in [5.74, 6) is 0.0363. The minimum Gasteiger partial charge on any atom is -0.399 e. The summed E-state index contributed by atoms with van der Waals surface area (Å²) < 4.78 is 0. The molecule has 4 heteroatoms. The van der Waals surface area contributed by atoms with Crippen molar-refractivity contribution in [2.75, 3.05) is 24.6 Å². The average molecular weight is 247 g/mol. The minimum atomic E-state index is 0.0363. The number of nitrogens with two attached hydrogens (primary N) is 1. The molecule has 1 saturated carbocycles. The fraction of sp³-hybridized carbons (Fsp3) is 0.500. The number of nitrogen functional groups attached to an aromatic ring is 1. The Morgan fingerprint density at radius 2 is 1.94 bits per heavy atom. The van der Waals surface area contributed by atoms with Gasteiger partial charge in [-0.1, -0.05) is 12.8 Å². The maximum atomic E-state index is 11.9. The number of hydrogen-bond acceptors (Lipinski definition) is 3. The molecule has 2 rings (SSSR count). The third kappa shape index (κ3) is 3.47. The van der Waals surface area contributed by atoms with Crippen LogP contribution in [0.5, 0.6) is 0 Å². The van der Waals surface area contributed by atoms with E-state index in [1.165, 1.54) is 25.7 Å². The number of carbonyl (C=O) groups excluding carboxylic acids is 1. The summed E-state index contributed by atoms with van der Waals surface area (Å²) in [6, 6.07) is 7.79. The highest BCUT2D eigenvalue weighted by Crippen LogP contribution is 2.22. The first-order valence-corrected chi connectivity index (χ1v) is 6.51. The first kappa shape index (κ1) is 12.9. The number of nitrogens with one attached hydrogen (secondary N) is 1. The van der Waals surface area contributed by atoms with Gasteiger partial charge in [-0.2, -0.15) is 0 Å². The lowest BCUT2D eigenvalue weighted by molar-refractivity contribution is -0.117. The lowest BCUT2D eigenvalue weighted by Crippen LogP contribution is -2.36. The molecule has 3 N–H and O–H groups in total. The van der Waals surface area contributed by atoms with Gasteiger partial charge in [0.05, 0.1) is 6.54 Å². The first-order chi connectivity index (χ1) is 8.65. The molecule has 98 valence electrons. The molecular weight excluding hydrogens is 226 g/mol. The molecule has 1 aromatic rings. The number of benzene rings is 1. The summed E-state index contributed by atoms with van der Waals surface area (Å²) in [6.45, 7) is 0.453. The fourth-order valence-corrected chi connectivity index (χ4v) is 2.47. The van der Waals surface area contributed by atoms with Crippen LogP contribution in [-0.4, -0.2) is 30.4 Å². The second-order valence-corrected chi connectivity index (χ2v) is 5.02. The van der Waals surface area contributed by atoms with Gasteiger partial charge < -0.3 is 11.1 Å². The van der Waals surface area contributed by atoms with E-state index < -0.39 is 0 Å². The van der Waals surface area contributed by atoms with Gasteiger partial charge >= 0.3 is 0 Å². The van der Waals surface area contributed by atoms with Crippen LogP contribution in [0.1, 0.15) is 25.7 Å². The third-order valence-corrected chi connectivity index (χ3v) is 3.54. The minimum absolute atomic E-state index is 0.0363. The van der Waals surface area contributed by atoms with Crippen molar-refractivity contribution in [1.29, 1.82) is 0 Å². The Morgan fingerprint density at radius 1 is 1.33 bits per heavy atom. The van der Waals surface area contributed by atoms with Crippen molar-refractivity contribution in [3.05, 3.63) is 24.3 Å². The summed E-state index contributed by atoms with van der Waals surface area (Å²) in [5, 5.41) is 2.89. The van der Waals surface area contributed by atoms with Gasteiger partial charge in [0.25, 0.3) is 0 Å². The molecule has 4 nitrogen and oxygen atoms in total. The second kappa shape index (κ2) is 5.87. The Balaban J connectivity index is 1.82. The third-order valence-electron chi connectivity index (χ3n) is 3.54. The normalized spacial score (nSPS) is 16.1. The zero-order valence-electron chi connectivity index (χ0n) is 10.9. The molecule has 1 aliphatic carbocycles. The highest BCUT2D eigenvalue weighted by molar-refractivity contribution is 5.92. The largest absolute Gasteiger partial charge is 0.399 e. The van der Waals surface area contributed by atoms with Crippen molar-refractivity contribution in [3.63, 3.8) is 0 Å². The Labute approximate surface area is 108 Å². The van der Waals surface area contributed by atoms with E-state index in [9.17, 15) is 4.79 Å². The Bertz CT molecular complexity index is 396. The number of likely N-dealkylation sites (N-methyl/N-ethyl adjacent to an activating group) is 1. The van der Waals surface area contributed by atoms with Gasteiger partial charge in [-0.25, -0.2) is 0 Å². The van der Waals surface area contributed by atoms with E-state index in [1.807, 2.05) is 19.2 Å². The molecule has 0 saturated heterocycles. The van der Waals surface area contributed by atoms with Crippen LogP contribution in [0, 0.1) is 0 Å². The quantitative estimate of drug-likeness (QED) is 0.801. The smallest absolute Gasteiger partial charge is 0.238 e. The van der Waals surface area contributed by atoms with Gasteiger partial charge in [0.1, 0.15) is 0 Å². The zero-order valence-corrected chi connectivity index (χ0v) is 10.9. The van der Waals surface area contributed by atoms with Gasteiger partial charge in [-0.15, -0.1) is 0 Å². The van der Waals surface area contributed by atoms with Crippen LogP contribution in [0.4, 0.5) is 11.4 Å². The van der Waals surface area contributed by atoms with Crippen LogP contribution >= 0.6 is 0 Å². The van der Waals surface area contributed by atoms with E-state index in [0.717, 1.165) is 5.69 Å². The van der Waals surface area contributed by atoms with Gasteiger partial charge in [0.2, 0.25) is 5.91 Å². The van der Waals surface area contributed by atoms with Crippen LogP contribution in [-0.2, 0) is 4.79 Å². The van der Waals surface area contributed by atoms with Gasteiger partial charge in [-0.3, -0.25) is 9.69 Å². The molecule has 0 aliphatic heterocycles. The van der Waals surface area contributed by atoms with Crippen molar-refractivity contribution in [2.24, 2.45) is 0 Å². The van der Waals surface area contributed by atoms with Crippen LogP contribution < -0.4 is 11.1 Å². The summed E-state index contributed by atoms with van der Waals surface area (Å²) in [6.07, 6.45) is 5.00. The molecule has 0 radical (unpaired) electrons. The zero-order chi connectivity index (χ0) is 13.0. The highest BCUT2D eigenvalue weighted by Gasteiger charge is 2.20. The lowest BCUT2D eigenvalue weighted by atomic mass is 10.2. The Hall–Kier alpha value is -1.55. The molecule has 1 fully saturated rings. The number of amides is 1. The van der Waals surface area contributed by atoms with E-state index in [1.54, 1.807) is 12.1 Å². The number of anilines is 2. The Morgan fingerprint density at radius 3 is 2.56 bits per heavy atom. The summed E-state index contributed by atoms with van der Waals surface area (Å²) in [5.41, 5.74) is 7.10. The predicted molar refractivity (Wildman–Crippen MR) is 74.4 cm³/mol. The predicted octanol–water partition coefficient (Wildman–Crippen LogP) is 2.08. The van der Waals surface area contributed by atoms with Crippen molar-refractivity contribution in [1.82, 2.24) is 4.90 Å². The van der Waals surface area contributed by atoms with Gasteiger partial charge in [0.15, 0.2) is 0 Å². The number of rotatable bonds is 4. The molecule has 0 unspecified atom stereocenters. The summed E-state index contributed by atoms with van der Waals surface area (Å²) >= 11 is 0. The summed E-state index contributed by atoms with van der Waals surface area (Å²) in [7, 11) is 2.03. The van der Waals surface area contributed by atoms with Crippen LogP contribution in [0.25, 0.3) is 0 Å². The van der Waals surface area contributed by atoms with E-state index in [0.29, 0.717) is 18.3 Å². The molecule has 0 heterocycles. The first-order valence-electron chi connectivity index (χ1n) is 6.51. The monoisotopic (exact) mass is 247 g/mol. The van der Waals surface area contributed by atoms with E-state index in [-0.39, 0.29) is 5.91 Å². The van der Waals surface area contributed by atoms with Crippen molar-refractivity contribution < 1.29 is 4.79 Å². The maximum Gasteiger partial charge on any atom is 0.238 e. The van der Waals surface area contributed by atoms with Crippen LogP contribution in [0.15, 0.2) is 24.3 Å². The molecule has 0 atom stereocenters. The van der Waals surface area contributed by atoms with Crippen LogP contribution in [0.3, 0.4) is 0 Å². The molecule has 0 aromatic heterocycles.